The third kappa shape index (κ3) is 2.28. The van der Waals surface area contributed by atoms with Crippen LogP contribution in [0.1, 0.15) is 10.5 Å². The first-order chi connectivity index (χ1) is 9.74. The van der Waals surface area contributed by atoms with Crippen LogP contribution in [0.25, 0.3) is 11.3 Å². The van der Waals surface area contributed by atoms with Gasteiger partial charge in [0.05, 0.1) is 5.69 Å². The quantitative estimate of drug-likeness (QED) is 0.752. The van der Waals surface area contributed by atoms with Crippen molar-refractivity contribution >= 4 is 11.9 Å². The number of amides is 1. The lowest BCUT2D eigenvalue weighted by molar-refractivity contribution is 0.102. The van der Waals surface area contributed by atoms with Crippen LogP contribution >= 0.6 is 0 Å². The molecule has 0 fully saturated rings. The van der Waals surface area contributed by atoms with Crippen LogP contribution in [-0.4, -0.2) is 30.9 Å². The number of aromatic nitrogens is 5. The number of nitrogens with one attached hydrogen (secondary N) is 2. The molecule has 3 rings (SSSR count). The van der Waals surface area contributed by atoms with Crippen molar-refractivity contribution in [1.29, 1.82) is 0 Å². The summed E-state index contributed by atoms with van der Waals surface area (Å²) < 4.78 is 1.62. The molecule has 3 aromatic rings. The lowest BCUT2D eigenvalue weighted by Crippen LogP contribution is -2.15. The van der Waals surface area contributed by atoms with Gasteiger partial charge in [-0.3, -0.25) is 15.2 Å². The summed E-state index contributed by atoms with van der Waals surface area (Å²) >= 11 is 0. The maximum atomic E-state index is 12.0. The molecule has 0 atom stereocenters. The largest absolute Gasteiger partial charge is 0.303 e. The molecule has 1 amide bonds. The third-order valence-electron chi connectivity index (χ3n) is 2.83. The Morgan fingerprint density at radius 3 is 2.80 bits per heavy atom. The molecule has 100 valence electrons. The highest BCUT2D eigenvalue weighted by Crippen LogP contribution is 2.17. The van der Waals surface area contributed by atoms with Crippen LogP contribution in [0.3, 0.4) is 0 Å². The number of rotatable bonds is 3. The van der Waals surface area contributed by atoms with Gasteiger partial charge in [-0.05, 0) is 6.07 Å². The summed E-state index contributed by atoms with van der Waals surface area (Å²) in [5.74, 6) is 0.0710. The highest BCUT2D eigenvalue weighted by Gasteiger charge is 2.13. The Bertz CT molecular complexity index is 730. The number of carbonyl (C=O) groups is 1. The first kappa shape index (κ1) is 12.1. The molecule has 0 unspecified atom stereocenters. The maximum absolute atomic E-state index is 12.0. The number of hydrogen-bond acceptors (Lipinski definition) is 4. The second kappa shape index (κ2) is 4.96. The van der Waals surface area contributed by atoms with Gasteiger partial charge in [-0.2, -0.15) is 5.10 Å². The summed E-state index contributed by atoms with van der Waals surface area (Å²) in [6, 6.07) is 11.3. The zero-order chi connectivity index (χ0) is 13.9. The molecular weight excluding hydrogens is 256 g/mol. The molecule has 0 aliphatic carbocycles. The van der Waals surface area contributed by atoms with E-state index < -0.39 is 0 Å². The lowest BCUT2D eigenvalue weighted by Gasteiger charge is -2.00. The minimum absolute atomic E-state index is 0.309. The van der Waals surface area contributed by atoms with Crippen molar-refractivity contribution in [1.82, 2.24) is 25.0 Å². The molecule has 20 heavy (non-hydrogen) atoms. The molecule has 0 aliphatic rings. The van der Waals surface area contributed by atoms with Gasteiger partial charge in [0.15, 0.2) is 0 Å². The standard InChI is InChI=1S/C13H12N6O/c1-19-8-14-18-13(19)15-12(20)11-7-10(16-17-11)9-5-3-2-4-6-9/h2-8H,1H3,(H,16,17)(H,15,18,20). The van der Waals surface area contributed by atoms with E-state index in [1.165, 1.54) is 6.33 Å². The van der Waals surface area contributed by atoms with E-state index in [1.54, 1.807) is 17.7 Å². The Balaban J connectivity index is 1.80. The fraction of sp³-hybridized carbons (Fsp3) is 0.0769. The SMILES string of the molecule is Cn1cnnc1NC(=O)c1cc(-c2ccccc2)n[nH]1. The zero-order valence-electron chi connectivity index (χ0n) is 10.7. The maximum Gasteiger partial charge on any atom is 0.276 e. The van der Waals surface area contributed by atoms with E-state index in [1.807, 2.05) is 30.3 Å². The predicted molar refractivity (Wildman–Crippen MR) is 73.0 cm³/mol. The van der Waals surface area contributed by atoms with Crippen molar-refractivity contribution in [3.05, 3.63) is 48.4 Å². The lowest BCUT2D eigenvalue weighted by atomic mass is 10.1. The van der Waals surface area contributed by atoms with E-state index in [2.05, 4.69) is 25.7 Å². The molecule has 1 aromatic carbocycles. The summed E-state index contributed by atoms with van der Waals surface area (Å²) in [6.45, 7) is 0. The Kier molecular flexibility index (Phi) is 3.00. The van der Waals surface area contributed by atoms with Gasteiger partial charge in [0, 0.05) is 12.6 Å². The van der Waals surface area contributed by atoms with Crippen molar-refractivity contribution in [2.45, 2.75) is 0 Å². The van der Waals surface area contributed by atoms with E-state index in [9.17, 15) is 4.79 Å². The van der Waals surface area contributed by atoms with Crippen molar-refractivity contribution in [3.63, 3.8) is 0 Å². The number of benzene rings is 1. The van der Waals surface area contributed by atoms with Crippen LogP contribution in [0, 0.1) is 0 Å². The van der Waals surface area contributed by atoms with Gasteiger partial charge in [0.2, 0.25) is 5.95 Å². The Morgan fingerprint density at radius 1 is 1.30 bits per heavy atom. The average Bonchev–Trinajstić information content (AvgIpc) is 3.10. The molecular formula is C13H12N6O. The molecule has 0 radical (unpaired) electrons. The fourth-order valence-corrected chi connectivity index (χ4v) is 1.76. The van der Waals surface area contributed by atoms with Crippen LogP contribution in [0.2, 0.25) is 0 Å². The van der Waals surface area contributed by atoms with Crippen molar-refractivity contribution in [3.8, 4) is 11.3 Å². The summed E-state index contributed by atoms with van der Waals surface area (Å²) in [5.41, 5.74) is 2.03. The Morgan fingerprint density at radius 2 is 2.10 bits per heavy atom. The fourth-order valence-electron chi connectivity index (χ4n) is 1.76. The summed E-state index contributed by atoms with van der Waals surface area (Å²) in [5, 5.41) is 17.0. The van der Waals surface area contributed by atoms with Gasteiger partial charge in [-0.1, -0.05) is 30.3 Å². The van der Waals surface area contributed by atoms with E-state index in [0.29, 0.717) is 17.3 Å². The summed E-state index contributed by atoms with van der Waals surface area (Å²) in [7, 11) is 1.75. The molecule has 2 heterocycles. The van der Waals surface area contributed by atoms with Crippen LogP contribution in [0.5, 0.6) is 0 Å². The smallest absolute Gasteiger partial charge is 0.276 e. The van der Waals surface area contributed by atoms with E-state index in [4.69, 9.17) is 0 Å². The van der Waals surface area contributed by atoms with Gasteiger partial charge >= 0.3 is 0 Å². The first-order valence-electron chi connectivity index (χ1n) is 6.00. The van der Waals surface area contributed by atoms with Gasteiger partial charge < -0.3 is 4.57 Å². The number of aryl methyl sites for hydroxylation is 1. The minimum atomic E-state index is -0.309. The predicted octanol–water partition coefficient (Wildman–Crippen LogP) is 1.46. The molecule has 7 heteroatoms. The second-order valence-electron chi connectivity index (χ2n) is 4.25. The Labute approximate surface area is 114 Å². The number of nitrogens with zero attached hydrogens (tertiary/aromatic N) is 4. The molecule has 0 aliphatic heterocycles. The number of anilines is 1. The van der Waals surface area contributed by atoms with Gasteiger partial charge in [-0.15, -0.1) is 10.2 Å². The molecule has 2 N–H and O–H groups in total. The molecule has 0 spiro atoms. The van der Waals surface area contributed by atoms with Crippen molar-refractivity contribution < 1.29 is 4.79 Å². The monoisotopic (exact) mass is 268 g/mol. The topological polar surface area (TPSA) is 88.5 Å². The van der Waals surface area contributed by atoms with Crippen LogP contribution in [-0.2, 0) is 7.05 Å². The van der Waals surface area contributed by atoms with Crippen molar-refractivity contribution in [2.24, 2.45) is 7.05 Å². The van der Waals surface area contributed by atoms with Crippen LogP contribution in [0.15, 0.2) is 42.7 Å². The highest BCUT2D eigenvalue weighted by atomic mass is 16.2. The molecule has 2 aromatic heterocycles. The second-order valence-corrected chi connectivity index (χ2v) is 4.25. The third-order valence-corrected chi connectivity index (χ3v) is 2.83. The highest BCUT2D eigenvalue weighted by molar-refractivity contribution is 6.02. The summed E-state index contributed by atoms with van der Waals surface area (Å²) in [4.78, 5) is 12.0. The first-order valence-corrected chi connectivity index (χ1v) is 6.00. The normalized spacial score (nSPS) is 10.4. The minimum Gasteiger partial charge on any atom is -0.303 e. The van der Waals surface area contributed by atoms with E-state index in [-0.39, 0.29) is 5.91 Å². The number of hydrogen-bond donors (Lipinski definition) is 2. The van der Waals surface area contributed by atoms with E-state index in [0.717, 1.165) is 5.56 Å². The number of carbonyl (C=O) groups excluding carboxylic acids is 1. The van der Waals surface area contributed by atoms with Crippen LogP contribution in [0.4, 0.5) is 5.95 Å². The number of H-pyrrole nitrogens is 1. The number of aromatic amines is 1. The zero-order valence-corrected chi connectivity index (χ0v) is 10.7. The van der Waals surface area contributed by atoms with E-state index >= 15 is 0 Å². The van der Waals surface area contributed by atoms with Gasteiger partial charge in [0.25, 0.3) is 5.91 Å². The van der Waals surface area contributed by atoms with Gasteiger partial charge in [0.1, 0.15) is 12.0 Å². The molecule has 0 saturated carbocycles. The molecule has 0 saturated heterocycles. The summed E-state index contributed by atoms with van der Waals surface area (Å²) in [6.07, 6.45) is 1.51. The van der Waals surface area contributed by atoms with Crippen molar-refractivity contribution in [2.75, 3.05) is 5.32 Å². The molecule has 0 bridgehead atoms. The Hall–Kier alpha value is -2.96. The molecule has 7 nitrogen and oxygen atoms in total. The van der Waals surface area contributed by atoms with Gasteiger partial charge in [-0.25, -0.2) is 0 Å². The average molecular weight is 268 g/mol. The van der Waals surface area contributed by atoms with Crippen LogP contribution < -0.4 is 5.32 Å².